The van der Waals surface area contributed by atoms with Crippen molar-refractivity contribution in [3.05, 3.63) is 24.1 Å². The van der Waals surface area contributed by atoms with E-state index in [0.717, 1.165) is 11.3 Å². The number of anilines is 1. The van der Waals surface area contributed by atoms with Crippen molar-refractivity contribution in [2.75, 3.05) is 18.8 Å². The Morgan fingerprint density at radius 3 is 2.73 bits per heavy atom. The maximum absolute atomic E-state index is 12.0. The lowest BCUT2D eigenvalue weighted by Gasteiger charge is -2.17. The third-order valence-corrected chi connectivity index (χ3v) is 5.25. The minimum atomic E-state index is -3.39. The van der Waals surface area contributed by atoms with Crippen molar-refractivity contribution in [2.24, 2.45) is 0 Å². The molecule has 1 rings (SSSR count). The van der Waals surface area contributed by atoms with E-state index in [2.05, 4.69) is 6.58 Å². The second kappa shape index (κ2) is 4.78. The number of hydrogen-bond donors (Lipinski definition) is 1. The molecule has 1 aromatic rings. The highest BCUT2D eigenvalue weighted by Gasteiger charge is 2.23. The van der Waals surface area contributed by atoms with Crippen LogP contribution < -0.4 is 5.73 Å². The Hall–Kier alpha value is -0.850. The Bertz CT molecular complexity index is 437. The first-order chi connectivity index (χ1) is 7.02. The van der Waals surface area contributed by atoms with Gasteiger partial charge in [0.2, 0.25) is 0 Å². The van der Waals surface area contributed by atoms with Gasteiger partial charge in [-0.25, -0.2) is 8.42 Å². The largest absolute Gasteiger partial charge is 0.398 e. The normalized spacial score (nSPS) is 11.9. The molecule has 0 atom stereocenters. The summed E-state index contributed by atoms with van der Waals surface area (Å²) in [5.74, 6) is 0. The van der Waals surface area contributed by atoms with E-state index in [4.69, 9.17) is 5.73 Å². The summed E-state index contributed by atoms with van der Waals surface area (Å²) in [6.07, 6.45) is 1.57. The van der Waals surface area contributed by atoms with Crippen molar-refractivity contribution in [2.45, 2.75) is 11.1 Å². The van der Waals surface area contributed by atoms with Crippen LogP contribution in [0.5, 0.6) is 0 Å². The van der Waals surface area contributed by atoms with Gasteiger partial charge < -0.3 is 5.73 Å². The van der Waals surface area contributed by atoms with Gasteiger partial charge in [-0.2, -0.15) is 4.31 Å². The highest BCUT2D eigenvalue weighted by molar-refractivity contribution is 7.91. The van der Waals surface area contributed by atoms with Crippen LogP contribution in [0.25, 0.3) is 0 Å². The fourth-order valence-corrected chi connectivity index (χ4v) is 3.79. The lowest BCUT2D eigenvalue weighted by Crippen LogP contribution is -2.30. The molecule has 0 spiro atoms. The van der Waals surface area contributed by atoms with Crippen molar-refractivity contribution in [1.82, 2.24) is 4.31 Å². The summed E-state index contributed by atoms with van der Waals surface area (Å²) in [6, 6.07) is 1.48. The average molecular weight is 246 g/mol. The summed E-state index contributed by atoms with van der Waals surface area (Å²) in [7, 11) is -3.39. The molecule has 1 aromatic heterocycles. The van der Waals surface area contributed by atoms with E-state index in [1.54, 1.807) is 18.4 Å². The molecule has 15 heavy (non-hydrogen) atoms. The van der Waals surface area contributed by atoms with Crippen LogP contribution in [0.15, 0.2) is 28.3 Å². The van der Waals surface area contributed by atoms with Crippen LogP contribution in [-0.2, 0) is 10.0 Å². The fourth-order valence-electron chi connectivity index (χ4n) is 1.13. The van der Waals surface area contributed by atoms with Crippen LogP contribution in [0, 0.1) is 0 Å². The lowest BCUT2D eigenvalue weighted by molar-refractivity contribution is 0.461. The zero-order valence-corrected chi connectivity index (χ0v) is 10.1. The lowest BCUT2D eigenvalue weighted by atomic mass is 10.6. The highest BCUT2D eigenvalue weighted by atomic mass is 32.2. The molecule has 0 aliphatic carbocycles. The SMILES string of the molecule is C=CCN(CC)S(=O)(=O)c1cc(N)cs1. The molecule has 0 radical (unpaired) electrons. The number of hydrogen-bond acceptors (Lipinski definition) is 4. The first-order valence-corrected chi connectivity index (χ1v) is 6.79. The first kappa shape index (κ1) is 12.2. The van der Waals surface area contributed by atoms with E-state index in [-0.39, 0.29) is 4.21 Å². The van der Waals surface area contributed by atoms with Gasteiger partial charge in [-0.05, 0) is 6.07 Å². The fraction of sp³-hybridized carbons (Fsp3) is 0.333. The standard InChI is InChI=1S/C9H14N2O2S2/c1-3-5-11(4-2)15(12,13)9-6-8(10)7-14-9/h3,6-7H,1,4-5,10H2,2H3. The Morgan fingerprint density at radius 1 is 1.67 bits per heavy atom. The molecular formula is C9H14N2O2S2. The predicted octanol–water partition coefficient (Wildman–Crippen LogP) is 1.53. The van der Waals surface area contributed by atoms with Crippen LogP contribution in [0.1, 0.15) is 6.92 Å². The maximum Gasteiger partial charge on any atom is 0.252 e. The summed E-state index contributed by atoms with van der Waals surface area (Å²) in [5.41, 5.74) is 5.98. The molecule has 6 heteroatoms. The highest BCUT2D eigenvalue weighted by Crippen LogP contribution is 2.24. The Kier molecular flexibility index (Phi) is 3.90. The molecule has 0 aromatic carbocycles. The van der Waals surface area contributed by atoms with Crippen molar-refractivity contribution < 1.29 is 8.42 Å². The van der Waals surface area contributed by atoms with Gasteiger partial charge in [0.1, 0.15) is 4.21 Å². The molecule has 0 amide bonds. The molecular weight excluding hydrogens is 232 g/mol. The van der Waals surface area contributed by atoms with Gasteiger partial charge in [0.05, 0.1) is 0 Å². The molecule has 0 saturated carbocycles. The van der Waals surface area contributed by atoms with Crippen LogP contribution >= 0.6 is 11.3 Å². The van der Waals surface area contributed by atoms with Gasteiger partial charge in [0.25, 0.3) is 10.0 Å². The van der Waals surface area contributed by atoms with E-state index in [9.17, 15) is 8.42 Å². The van der Waals surface area contributed by atoms with Gasteiger partial charge in [-0.1, -0.05) is 13.0 Å². The number of nitrogens with zero attached hydrogens (tertiary/aromatic N) is 1. The molecule has 1 heterocycles. The van der Waals surface area contributed by atoms with E-state index in [0.29, 0.717) is 18.8 Å². The molecule has 0 bridgehead atoms. The zero-order chi connectivity index (χ0) is 11.5. The van der Waals surface area contributed by atoms with Crippen LogP contribution in [-0.4, -0.2) is 25.8 Å². The van der Waals surface area contributed by atoms with Crippen molar-refractivity contribution in [1.29, 1.82) is 0 Å². The minimum absolute atomic E-state index is 0.281. The van der Waals surface area contributed by atoms with E-state index in [1.807, 2.05) is 0 Å². The third-order valence-electron chi connectivity index (χ3n) is 1.88. The van der Waals surface area contributed by atoms with E-state index >= 15 is 0 Å². The second-order valence-corrected chi connectivity index (χ2v) is 6.02. The van der Waals surface area contributed by atoms with Crippen LogP contribution in [0.4, 0.5) is 5.69 Å². The van der Waals surface area contributed by atoms with E-state index < -0.39 is 10.0 Å². The smallest absolute Gasteiger partial charge is 0.252 e. The molecule has 0 aliphatic rings. The Labute approximate surface area is 94.1 Å². The Morgan fingerprint density at radius 2 is 2.33 bits per heavy atom. The summed E-state index contributed by atoms with van der Waals surface area (Å²) < 4.78 is 25.6. The molecule has 0 unspecified atom stereocenters. The van der Waals surface area contributed by atoms with Gasteiger partial charge >= 0.3 is 0 Å². The van der Waals surface area contributed by atoms with Crippen molar-refractivity contribution in [3.63, 3.8) is 0 Å². The number of nitrogens with two attached hydrogens (primary N) is 1. The quantitative estimate of drug-likeness (QED) is 0.801. The maximum atomic E-state index is 12.0. The number of thiophene rings is 1. The van der Waals surface area contributed by atoms with Gasteiger partial charge in [-0.3, -0.25) is 0 Å². The molecule has 2 N–H and O–H groups in total. The average Bonchev–Trinajstić information content (AvgIpc) is 2.61. The molecule has 4 nitrogen and oxygen atoms in total. The molecule has 0 fully saturated rings. The summed E-state index contributed by atoms with van der Waals surface area (Å²) in [6.45, 7) is 6.06. The predicted molar refractivity (Wildman–Crippen MR) is 63.4 cm³/mol. The zero-order valence-electron chi connectivity index (χ0n) is 8.51. The summed E-state index contributed by atoms with van der Waals surface area (Å²) in [4.78, 5) is 0. The number of likely N-dealkylation sites (N-methyl/N-ethyl adjacent to an activating group) is 1. The Balaban J connectivity index is 3.05. The topological polar surface area (TPSA) is 63.4 Å². The molecule has 0 saturated heterocycles. The van der Waals surface area contributed by atoms with Crippen molar-refractivity contribution >= 4 is 27.0 Å². The van der Waals surface area contributed by atoms with Crippen LogP contribution in [0.3, 0.4) is 0 Å². The monoisotopic (exact) mass is 246 g/mol. The number of sulfonamides is 1. The van der Waals surface area contributed by atoms with Crippen molar-refractivity contribution in [3.8, 4) is 0 Å². The van der Waals surface area contributed by atoms with Crippen LogP contribution in [0.2, 0.25) is 0 Å². The molecule has 0 aliphatic heterocycles. The third kappa shape index (κ3) is 2.58. The first-order valence-electron chi connectivity index (χ1n) is 4.47. The summed E-state index contributed by atoms with van der Waals surface area (Å²) >= 11 is 1.14. The van der Waals surface area contributed by atoms with E-state index in [1.165, 1.54) is 10.4 Å². The second-order valence-electron chi connectivity index (χ2n) is 2.94. The number of rotatable bonds is 5. The summed E-state index contributed by atoms with van der Waals surface area (Å²) in [5, 5.41) is 1.62. The van der Waals surface area contributed by atoms with Gasteiger partial charge in [0, 0.05) is 24.2 Å². The van der Waals surface area contributed by atoms with Gasteiger partial charge in [0.15, 0.2) is 0 Å². The number of nitrogen functional groups attached to an aromatic ring is 1. The molecule has 84 valence electrons. The van der Waals surface area contributed by atoms with Gasteiger partial charge in [-0.15, -0.1) is 17.9 Å². The minimum Gasteiger partial charge on any atom is -0.398 e.